The third-order valence-electron chi connectivity index (χ3n) is 4.56. The molecule has 0 aromatic heterocycles. The molecule has 0 aliphatic carbocycles. The lowest BCUT2D eigenvalue weighted by molar-refractivity contribution is -0.394. The fraction of sp³-hybridized carbons (Fsp3) is 0.222. The van der Waals surface area contributed by atoms with Gasteiger partial charge < -0.3 is 5.32 Å². The number of para-hydroxylation sites is 1. The molecule has 0 radical (unpaired) electrons. The van der Waals surface area contributed by atoms with Gasteiger partial charge in [-0.15, -0.1) is 0 Å². The molecule has 0 fully saturated rings. The molecule has 1 N–H and O–H groups in total. The molecule has 0 saturated heterocycles. The van der Waals surface area contributed by atoms with E-state index in [9.17, 15) is 20.2 Å². The summed E-state index contributed by atoms with van der Waals surface area (Å²) in [6.07, 6.45) is 0.706. The third kappa shape index (κ3) is 3.08. The van der Waals surface area contributed by atoms with E-state index < -0.39 is 9.85 Å². The largest absolute Gasteiger partial charge is 0.377 e. The van der Waals surface area contributed by atoms with Gasteiger partial charge >= 0.3 is 0 Å². The van der Waals surface area contributed by atoms with E-state index in [1.165, 1.54) is 12.1 Å². The summed E-state index contributed by atoms with van der Waals surface area (Å²) in [7, 11) is 0. The monoisotopic (exact) mass is 339 g/mol. The number of nitro groups is 2. The maximum absolute atomic E-state index is 11.5. The lowest BCUT2D eigenvalue weighted by atomic mass is 9.79. The van der Waals surface area contributed by atoms with Crippen molar-refractivity contribution >= 4 is 17.1 Å². The Bertz CT molecular complexity index is 878. The van der Waals surface area contributed by atoms with Crippen LogP contribution in [0, 0.1) is 26.1 Å². The Morgan fingerprint density at radius 1 is 1.16 bits per heavy atom. The quantitative estimate of drug-likeness (QED) is 0.505. The number of fused-ring (bicyclic) bond motifs is 1. The molecule has 1 aliphatic rings. The van der Waals surface area contributed by atoms with Gasteiger partial charge in [0.2, 0.25) is 0 Å². The van der Waals surface area contributed by atoms with E-state index in [4.69, 9.17) is 0 Å². The molecule has 25 heavy (non-hydrogen) atoms. The summed E-state index contributed by atoms with van der Waals surface area (Å²) in [6.45, 7) is 5.92. The van der Waals surface area contributed by atoms with Crippen molar-refractivity contribution in [1.82, 2.24) is 0 Å². The second-order valence-electron chi connectivity index (χ2n) is 6.19. The van der Waals surface area contributed by atoms with Crippen molar-refractivity contribution in [3.8, 4) is 0 Å². The smallest absolute Gasteiger partial charge is 0.281 e. The van der Waals surface area contributed by atoms with Gasteiger partial charge in [0.25, 0.3) is 11.4 Å². The maximum Gasteiger partial charge on any atom is 0.281 e. The summed E-state index contributed by atoms with van der Waals surface area (Å²) >= 11 is 0. The van der Waals surface area contributed by atoms with E-state index in [0.717, 1.165) is 22.9 Å². The highest BCUT2D eigenvalue weighted by Crippen LogP contribution is 2.43. The third-order valence-corrected chi connectivity index (χ3v) is 4.56. The molecule has 2 atom stereocenters. The standard InChI is InChI=1S/C18H17N3O4/c1-11(2)15-9-12-5-3-4-6-16(12)19-18(15)14-8-7-13(20(22)23)10-17(14)21(24)25/h3-8,10,15,18-19H,1,9H2,2H3/t15-,18+/m1/s1. The number of rotatable bonds is 4. The second-order valence-corrected chi connectivity index (χ2v) is 6.19. The van der Waals surface area contributed by atoms with Crippen LogP contribution in [-0.4, -0.2) is 9.85 Å². The normalized spacial score (nSPS) is 18.8. The number of anilines is 1. The second kappa shape index (κ2) is 6.35. The minimum atomic E-state index is -0.628. The molecule has 0 amide bonds. The number of benzene rings is 2. The number of nitrogens with one attached hydrogen (secondary N) is 1. The SMILES string of the molecule is C=C(C)[C@H]1Cc2ccccc2N[C@H]1c1ccc([N+](=O)[O-])cc1[N+](=O)[O-]. The van der Waals surface area contributed by atoms with Gasteiger partial charge in [-0.25, -0.2) is 0 Å². The minimum Gasteiger partial charge on any atom is -0.377 e. The molecule has 7 nitrogen and oxygen atoms in total. The Kier molecular flexibility index (Phi) is 4.22. The van der Waals surface area contributed by atoms with E-state index in [-0.39, 0.29) is 23.3 Å². The number of hydrogen-bond acceptors (Lipinski definition) is 5. The Balaban J connectivity index is 2.11. The zero-order valence-corrected chi connectivity index (χ0v) is 13.6. The Morgan fingerprint density at radius 2 is 1.88 bits per heavy atom. The number of nitrogens with zero attached hydrogens (tertiary/aromatic N) is 2. The zero-order chi connectivity index (χ0) is 18.1. The fourth-order valence-corrected chi connectivity index (χ4v) is 3.28. The highest BCUT2D eigenvalue weighted by atomic mass is 16.6. The highest BCUT2D eigenvalue weighted by Gasteiger charge is 2.34. The molecular weight excluding hydrogens is 322 g/mol. The molecule has 0 spiro atoms. The van der Waals surface area contributed by atoms with E-state index >= 15 is 0 Å². The number of nitro benzene ring substituents is 2. The van der Waals surface area contributed by atoms with Crippen LogP contribution in [0.1, 0.15) is 24.1 Å². The van der Waals surface area contributed by atoms with Crippen LogP contribution in [0.3, 0.4) is 0 Å². The van der Waals surface area contributed by atoms with Gasteiger partial charge in [-0.05, 0) is 31.0 Å². The predicted molar refractivity (Wildman–Crippen MR) is 94.6 cm³/mol. The van der Waals surface area contributed by atoms with Crippen LogP contribution < -0.4 is 5.32 Å². The number of hydrogen-bond donors (Lipinski definition) is 1. The summed E-state index contributed by atoms with van der Waals surface area (Å²) in [5, 5.41) is 25.8. The Hall–Kier alpha value is -3.22. The maximum atomic E-state index is 11.5. The molecule has 128 valence electrons. The van der Waals surface area contributed by atoms with Crippen LogP contribution in [0.4, 0.5) is 17.1 Å². The first-order valence-electron chi connectivity index (χ1n) is 7.81. The van der Waals surface area contributed by atoms with Crippen molar-refractivity contribution in [3.63, 3.8) is 0 Å². The minimum absolute atomic E-state index is 0.0462. The molecule has 2 aromatic carbocycles. The molecule has 3 rings (SSSR count). The molecule has 1 aliphatic heterocycles. The van der Waals surface area contributed by atoms with Gasteiger partial charge in [0, 0.05) is 17.7 Å². The zero-order valence-electron chi connectivity index (χ0n) is 13.6. The lowest BCUT2D eigenvalue weighted by Crippen LogP contribution is -2.29. The van der Waals surface area contributed by atoms with Crippen LogP contribution in [0.25, 0.3) is 0 Å². The molecule has 0 unspecified atom stereocenters. The number of non-ortho nitro benzene ring substituents is 1. The van der Waals surface area contributed by atoms with Crippen molar-refractivity contribution in [2.75, 3.05) is 5.32 Å². The summed E-state index contributed by atoms with van der Waals surface area (Å²) in [6, 6.07) is 11.2. The molecular formula is C18H17N3O4. The summed E-state index contributed by atoms with van der Waals surface area (Å²) in [5.41, 5.74) is 2.82. The Labute approximate surface area is 144 Å². The fourth-order valence-electron chi connectivity index (χ4n) is 3.28. The molecule has 0 saturated carbocycles. The first-order valence-corrected chi connectivity index (χ1v) is 7.81. The molecule has 7 heteroatoms. The highest BCUT2D eigenvalue weighted by molar-refractivity contribution is 5.60. The van der Waals surface area contributed by atoms with Gasteiger partial charge in [0.05, 0.1) is 27.5 Å². The van der Waals surface area contributed by atoms with E-state index in [1.807, 2.05) is 31.2 Å². The van der Waals surface area contributed by atoms with E-state index in [1.54, 1.807) is 0 Å². The van der Waals surface area contributed by atoms with Crippen molar-refractivity contribution in [2.24, 2.45) is 5.92 Å². The van der Waals surface area contributed by atoms with Crippen LogP contribution >= 0.6 is 0 Å². The molecule has 2 aromatic rings. The summed E-state index contributed by atoms with van der Waals surface area (Å²) < 4.78 is 0. The first kappa shape index (κ1) is 16.6. The summed E-state index contributed by atoms with van der Waals surface area (Å²) in [5.74, 6) is -0.0462. The van der Waals surface area contributed by atoms with Gasteiger partial charge in [-0.3, -0.25) is 20.2 Å². The average molecular weight is 339 g/mol. The van der Waals surface area contributed by atoms with E-state index in [2.05, 4.69) is 11.9 Å². The lowest BCUT2D eigenvalue weighted by Gasteiger charge is -2.35. The van der Waals surface area contributed by atoms with Crippen LogP contribution in [0.5, 0.6) is 0 Å². The summed E-state index contributed by atoms with van der Waals surface area (Å²) in [4.78, 5) is 21.2. The van der Waals surface area contributed by atoms with Gasteiger partial charge in [-0.1, -0.05) is 30.4 Å². The van der Waals surface area contributed by atoms with Gasteiger partial charge in [-0.2, -0.15) is 0 Å². The van der Waals surface area contributed by atoms with Gasteiger partial charge in [0.15, 0.2) is 0 Å². The average Bonchev–Trinajstić information content (AvgIpc) is 2.59. The molecule has 0 bridgehead atoms. The van der Waals surface area contributed by atoms with E-state index in [0.29, 0.717) is 12.0 Å². The van der Waals surface area contributed by atoms with Crippen LogP contribution in [0.15, 0.2) is 54.6 Å². The van der Waals surface area contributed by atoms with Crippen LogP contribution in [-0.2, 0) is 6.42 Å². The van der Waals surface area contributed by atoms with Crippen molar-refractivity contribution in [1.29, 1.82) is 0 Å². The van der Waals surface area contributed by atoms with Crippen LogP contribution in [0.2, 0.25) is 0 Å². The van der Waals surface area contributed by atoms with Crippen molar-refractivity contribution in [3.05, 3.63) is 86.0 Å². The van der Waals surface area contributed by atoms with Gasteiger partial charge in [0.1, 0.15) is 0 Å². The Morgan fingerprint density at radius 3 is 2.52 bits per heavy atom. The predicted octanol–water partition coefficient (Wildman–Crippen LogP) is 4.40. The first-order chi connectivity index (χ1) is 11.9. The molecule has 1 heterocycles. The van der Waals surface area contributed by atoms with Crippen molar-refractivity contribution < 1.29 is 9.85 Å². The van der Waals surface area contributed by atoms with Crippen molar-refractivity contribution in [2.45, 2.75) is 19.4 Å². The topological polar surface area (TPSA) is 98.3 Å².